The molecule has 7 heteroatoms. The van der Waals surface area contributed by atoms with E-state index in [4.69, 9.17) is 26.2 Å². The molecule has 1 saturated heterocycles. The van der Waals surface area contributed by atoms with Gasteiger partial charge in [-0.05, 0) is 24.6 Å². The van der Waals surface area contributed by atoms with Gasteiger partial charge in [0.15, 0.2) is 6.61 Å². The van der Waals surface area contributed by atoms with Crippen molar-refractivity contribution in [3.63, 3.8) is 0 Å². The molecule has 0 radical (unpaired) electrons. The zero-order chi connectivity index (χ0) is 16.1. The molecule has 1 amide bonds. The molecular weight excluding hydrogens is 310 g/mol. The molecular formula is C15H18ClNO5. The average molecular weight is 328 g/mol. The van der Waals surface area contributed by atoms with Gasteiger partial charge >= 0.3 is 5.97 Å². The van der Waals surface area contributed by atoms with Crippen LogP contribution in [0.1, 0.15) is 12.8 Å². The number of carboxylic acid groups (broad SMARTS) is 1. The number of likely N-dealkylation sites (tertiary alicyclic amines) is 1. The molecule has 0 spiro atoms. The summed E-state index contributed by atoms with van der Waals surface area (Å²) in [6.07, 6.45) is 0.286. The first-order valence-electron chi connectivity index (χ1n) is 6.92. The lowest BCUT2D eigenvalue weighted by Crippen LogP contribution is -2.40. The summed E-state index contributed by atoms with van der Waals surface area (Å²) in [6.45, 7) is 0.221. The van der Waals surface area contributed by atoms with Crippen molar-refractivity contribution in [3.05, 3.63) is 29.3 Å². The molecule has 1 heterocycles. The van der Waals surface area contributed by atoms with E-state index >= 15 is 0 Å². The number of hydrogen-bond donors (Lipinski definition) is 1. The van der Waals surface area contributed by atoms with Crippen LogP contribution in [0.3, 0.4) is 0 Å². The van der Waals surface area contributed by atoms with E-state index < -0.39 is 5.97 Å². The van der Waals surface area contributed by atoms with Crippen LogP contribution in [0.5, 0.6) is 5.75 Å². The number of amides is 1. The molecule has 2 rings (SSSR count). The number of nitrogens with zero attached hydrogens (tertiary/aromatic N) is 1. The summed E-state index contributed by atoms with van der Waals surface area (Å²) in [5.74, 6) is -0.695. The van der Waals surface area contributed by atoms with Gasteiger partial charge in [-0.2, -0.15) is 0 Å². The van der Waals surface area contributed by atoms with Gasteiger partial charge in [0.05, 0.1) is 12.5 Å². The van der Waals surface area contributed by atoms with Gasteiger partial charge < -0.3 is 19.5 Å². The maximum absolute atomic E-state index is 12.3. The summed E-state index contributed by atoms with van der Waals surface area (Å²) < 4.78 is 10.7. The predicted molar refractivity (Wildman–Crippen MR) is 80.1 cm³/mol. The minimum atomic E-state index is -0.935. The van der Waals surface area contributed by atoms with E-state index in [1.165, 1.54) is 4.90 Å². The van der Waals surface area contributed by atoms with E-state index in [0.29, 0.717) is 23.7 Å². The third-order valence-electron chi connectivity index (χ3n) is 3.60. The summed E-state index contributed by atoms with van der Waals surface area (Å²) in [7, 11) is 1.55. The highest BCUT2D eigenvalue weighted by Gasteiger charge is 2.36. The number of halogens is 1. The van der Waals surface area contributed by atoms with Crippen LogP contribution >= 0.6 is 11.6 Å². The largest absolute Gasteiger partial charge is 0.484 e. The second-order valence-corrected chi connectivity index (χ2v) is 5.57. The van der Waals surface area contributed by atoms with Crippen LogP contribution < -0.4 is 4.74 Å². The van der Waals surface area contributed by atoms with Crippen molar-refractivity contribution in [3.8, 4) is 5.75 Å². The maximum atomic E-state index is 12.3. The molecule has 0 bridgehead atoms. The van der Waals surface area contributed by atoms with Crippen molar-refractivity contribution in [2.24, 2.45) is 0 Å². The normalized spacial score (nSPS) is 20.9. The second kappa shape index (κ2) is 7.47. The van der Waals surface area contributed by atoms with Gasteiger partial charge in [-0.3, -0.25) is 9.59 Å². The number of benzene rings is 1. The molecule has 1 aromatic carbocycles. The molecule has 0 aliphatic carbocycles. The lowest BCUT2D eigenvalue weighted by molar-refractivity contribution is -0.140. The van der Waals surface area contributed by atoms with E-state index in [1.54, 1.807) is 31.4 Å². The quantitative estimate of drug-likeness (QED) is 0.862. The molecule has 120 valence electrons. The number of methoxy groups -OCH3 is 1. The number of aliphatic carboxylic acids is 1. The number of carbonyl (C=O) groups excluding carboxylic acids is 1. The fraction of sp³-hybridized carbons (Fsp3) is 0.467. The molecule has 0 aromatic heterocycles. The summed E-state index contributed by atoms with van der Waals surface area (Å²) in [5, 5.41) is 9.47. The highest BCUT2D eigenvalue weighted by molar-refractivity contribution is 6.30. The molecule has 0 saturated carbocycles. The Morgan fingerprint density at radius 1 is 1.45 bits per heavy atom. The molecule has 1 aliphatic rings. The monoisotopic (exact) mass is 327 g/mol. The Balaban J connectivity index is 1.95. The Hall–Kier alpha value is -1.79. The summed E-state index contributed by atoms with van der Waals surface area (Å²) in [5.41, 5.74) is 0. The van der Waals surface area contributed by atoms with Gasteiger partial charge in [-0.15, -0.1) is 0 Å². The number of carbonyl (C=O) groups is 2. The van der Waals surface area contributed by atoms with Gasteiger partial charge in [0.1, 0.15) is 5.75 Å². The Morgan fingerprint density at radius 2 is 2.23 bits per heavy atom. The van der Waals surface area contributed by atoms with Crippen LogP contribution in [0.4, 0.5) is 0 Å². The zero-order valence-corrected chi connectivity index (χ0v) is 13.0. The highest BCUT2D eigenvalue weighted by atomic mass is 35.5. The lowest BCUT2D eigenvalue weighted by Gasteiger charge is -2.23. The van der Waals surface area contributed by atoms with Gasteiger partial charge in [-0.1, -0.05) is 17.7 Å². The van der Waals surface area contributed by atoms with E-state index in [-0.39, 0.29) is 31.1 Å². The fourth-order valence-corrected chi connectivity index (χ4v) is 2.71. The van der Waals surface area contributed by atoms with Crippen molar-refractivity contribution >= 4 is 23.5 Å². The van der Waals surface area contributed by atoms with Gasteiger partial charge in [-0.25, -0.2) is 0 Å². The van der Waals surface area contributed by atoms with Crippen LogP contribution in [-0.4, -0.2) is 54.3 Å². The molecule has 2 unspecified atom stereocenters. The van der Waals surface area contributed by atoms with Crippen molar-refractivity contribution < 1.29 is 24.2 Å². The van der Waals surface area contributed by atoms with E-state index in [2.05, 4.69) is 0 Å². The van der Waals surface area contributed by atoms with Crippen LogP contribution in [0.15, 0.2) is 24.3 Å². The summed E-state index contributed by atoms with van der Waals surface area (Å²) >= 11 is 5.85. The minimum absolute atomic E-state index is 0.0945. The molecule has 2 atom stereocenters. The number of hydrogen-bond acceptors (Lipinski definition) is 4. The van der Waals surface area contributed by atoms with Crippen LogP contribution in [0.2, 0.25) is 5.02 Å². The highest BCUT2D eigenvalue weighted by Crippen LogP contribution is 2.23. The van der Waals surface area contributed by atoms with Crippen molar-refractivity contribution in [1.29, 1.82) is 0 Å². The van der Waals surface area contributed by atoms with Crippen molar-refractivity contribution in [2.75, 3.05) is 20.3 Å². The van der Waals surface area contributed by atoms with Crippen molar-refractivity contribution in [2.45, 2.75) is 25.0 Å². The third kappa shape index (κ3) is 4.35. The fourth-order valence-electron chi connectivity index (χ4n) is 2.53. The third-order valence-corrected chi connectivity index (χ3v) is 3.83. The molecule has 1 fully saturated rings. The van der Waals surface area contributed by atoms with Gasteiger partial charge in [0.25, 0.3) is 5.91 Å². The van der Waals surface area contributed by atoms with Gasteiger partial charge in [0, 0.05) is 24.7 Å². The van der Waals surface area contributed by atoms with Crippen LogP contribution in [0, 0.1) is 0 Å². The van der Waals surface area contributed by atoms with Crippen LogP contribution in [-0.2, 0) is 14.3 Å². The van der Waals surface area contributed by atoms with Crippen LogP contribution in [0.25, 0.3) is 0 Å². The topological polar surface area (TPSA) is 76.1 Å². The number of carboxylic acids is 1. The Bertz CT molecular complexity index is 550. The Labute approximate surface area is 133 Å². The smallest absolute Gasteiger partial charge is 0.305 e. The second-order valence-electron chi connectivity index (χ2n) is 5.14. The van der Waals surface area contributed by atoms with E-state index in [0.717, 1.165) is 0 Å². The maximum Gasteiger partial charge on any atom is 0.305 e. The molecule has 22 heavy (non-hydrogen) atoms. The van der Waals surface area contributed by atoms with Crippen molar-refractivity contribution in [1.82, 2.24) is 4.90 Å². The van der Waals surface area contributed by atoms with E-state index in [9.17, 15) is 9.59 Å². The van der Waals surface area contributed by atoms with E-state index in [1.807, 2.05) is 0 Å². The molecule has 6 nitrogen and oxygen atoms in total. The summed E-state index contributed by atoms with van der Waals surface area (Å²) in [6, 6.07) is 6.40. The number of rotatable bonds is 6. The minimum Gasteiger partial charge on any atom is -0.484 e. The Morgan fingerprint density at radius 3 is 2.86 bits per heavy atom. The SMILES string of the molecule is COC1CC(CC(=O)O)N(C(=O)COc2cccc(Cl)c2)C1. The zero-order valence-electron chi connectivity index (χ0n) is 12.2. The molecule has 1 aromatic rings. The standard InChI is InChI=1S/C15H18ClNO5/c1-21-13-6-11(7-15(19)20)17(8-13)14(18)9-22-12-4-2-3-10(16)5-12/h2-5,11,13H,6-9H2,1H3,(H,19,20). The summed E-state index contributed by atoms with van der Waals surface area (Å²) in [4.78, 5) is 24.7. The average Bonchev–Trinajstić information content (AvgIpc) is 2.87. The van der Waals surface area contributed by atoms with Gasteiger partial charge in [0.2, 0.25) is 0 Å². The predicted octanol–water partition coefficient (Wildman–Crippen LogP) is 1.81. The first kappa shape index (κ1) is 16.6. The molecule has 1 N–H and O–H groups in total. The first-order chi connectivity index (χ1) is 10.5. The molecule has 1 aliphatic heterocycles. The lowest BCUT2D eigenvalue weighted by atomic mass is 10.1. The number of ether oxygens (including phenoxy) is 2. The first-order valence-corrected chi connectivity index (χ1v) is 7.30. The Kier molecular flexibility index (Phi) is 5.63.